The number of rotatable bonds is 2. The predicted molar refractivity (Wildman–Crippen MR) is 59.5 cm³/mol. The van der Waals surface area contributed by atoms with Gasteiger partial charge in [0.25, 0.3) is 0 Å². The molecule has 2 rings (SSSR count). The number of aliphatic hydroxyl groups excluding tert-OH is 1. The average Bonchev–Trinajstić information content (AvgIpc) is 2.17. The van der Waals surface area contributed by atoms with Gasteiger partial charge < -0.3 is 5.11 Å². The standard InChI is InChI=1S/C12H18N2O/c1-10-4-2-5-11(13-10)8-14-7-3-6-12(15)9-14/h2,4-5,12,15H,3,6-9H2,1H3/t12-/m0/s1. The topological polar surface area (TPSA) is 36.4 Å². The summed E-state index contributed by atoms with van der Waals surface area (Å²) in [5.41, 5.74) is 2.16. The van der Waals surface area contributed by atoms with E-state index >= 15 is 0 Å². The maximum Gasteiger partial charge on any atom is 0.0667 e. The Kier molecular flexibility index (Phi) is 3.34. The number of likely N-dealkylation sites (tertiary alicyclic amines) is 1. The molecule has 0 amide bonds. The Labute approximate surface area is 90.8 Å². The number of piperidine rings is 1. The van der Waals surface area contributed by atoms with Crippen molar-refractivity contribution in [2.45, 2.75) is 32.4 Å². The molecule has 0 saturated carbocycles. The normalized spacial score (nSPS) is 22.9. The summed E-state index contributed by atoms with van der Waals surface area (Å²) in [5, 5.41) is 9.55. The number of aromatic nitrogens is 1. The molecule has 1 saturated heterocycles. The van der Waals surface area contributed by atoms with Crippen LogP contribution in [0.3, 0.4) is 0 Å². The van der Waals surface area contributed by atoms with Gasteiger partial charge in [-0.2, -0.15) is 0 Å². The van der Waals surface area contributed by atoms with Gasteiger partial charge >= 0.3 is 0 Å². The molecule has 0 unspecified atom stereocenters. The van der Waals surface area contributed by atoms with Crippen LogP contribution in [0.2, 0.25) is 0 Å². The minimum atomic E-state index is -0.149. The Hall–Kier alpha value is -0.930. The highest BCUT2D eigenvalue weighted by atomic mass is 16.3. The lowest BCUT2D eigenvalue weighted by Gasteiger charge is -2.29. The number of nitrogens with zero attached hydrogens (tertiary/aromatic N) is 2. The molecule has 15 heavy (non-hydrogen) atoms. The number of pyridine rings is 1. The maximum atomic E-state index is 9.55. The van der Waals surface area contributed by atoms with Crippen molar-refractivity contribution in [3.63, 3.8) is 0 Å². The van der Waals surface area contributed by atoms with E-state index in [2.05, 4.69) is 9.88 Å². The summed E-state index contributed by atoms with van der Waals surface area (Å²) in [7, 11) is 0. The summed E-state index contributed by atoms with van der Waals surface area (Å²) < 4.78 is 0. The van der Waals surface area contributed by atoms with Crippen LogP contribution < -0.4 is 0 Å². The highest BCUT2D eigenvalue weighted by Gasteiger charge is 2.17. The van der Waals surface area contributed by atoms with Crippen LogP contribution in [0.4, 0.5) is 0 Å². The molecule has 2 heterocycles. The summed E-state index contributed by atoms with van der Waals surface area (Å²) >= 11 is 0. The molecule has 1 aliphatic heterocycles. The van der Waals surface area contributed by atoms with E-state index in [0.29, 0.717) is 0 Å². The number of hydrogen-bond acceptors (Lipinski definition) is 3. The third-order valence-corrected chi connectivity index (χ3v) is 2.81. The van der Waals surface area contributed by atoms with Gasteiger partial charge in [0.15, 0.2) is 0 Å². The van der Waals surface area contributed by atoms with Crippen LogP contribution in [0.15, 0.2) is 18.2 Å². The molecule has 0 bridgehead atoms. The van der Waals surface area contributed by atoms with Crippen molar-refractivity contribution < 1.29 is 5.11 Å². The zero-order chi connectivity index (χ0) is 10.7. The molecule has 1 aromatic rings. The fourth-order valence-electron chi connectivity index (χ4n) is 2.09. The SMILES string of the molecule is Cc1cccc(CN2CCC[C@H](O)C2)n1. The smallest absolute Gasteiger partial charge is 0.0667 e. The van der Waals surface area contributed by atoms with Crippen LogP contribution in [0, 0.1) is 6.92 Å². The molecule has 3 nitrogen and oxygen atoms in total. The van der Waals surface area contributed by atoms with Gasteiger partial charge in [0.05, 0.1) is 11.8 Å². The van der Waals surface area contributed by atoms with E-state index in [9.17, 15) is 5.11 Å². The second kappa shape index (κ2) is 4.73. The highest BCUT2D eigenvalue weighted by Crippen LogP contribution is 2.12. The second-order valence-electron chi connectivity index (χ2n) is 4.30. The summed E-state index contributed by atoms with van der Waals surface area (Å²) in [4.78, 5) is 6.74. The molecule has 0 spiro atoms. The van der Waals surface area contributed by atoms with Gasteiger partial charge in [0.1, 0.15) is 0 Å². The first-order chi connectivity index (χ1) is 7.24. The third kappa shape index (κ3) is 3.01. The predicted octanol–water partition coefficient (Wildman–Crippen LogP) is 1.35. The lowest BCUT2D eigenvalue weighted by atomic mass is 10.1. The van der Waals surface area contributed by atoms with Crippen molar-refractivity contribution in [2.75, 3.05) is 13.1 Å². The first-order valence-corrected chi connectivity index (χ1v) is 5.57. The maximum absolute atomic E-state index is 9.55. The van der Waals surface area contributed by atoms with Gasteiger partial charge in [0.2, 0.25) is 0 Å². The Morgan fingerprint density at radius 2 is 2.40 bits per heavy atom. The van der Waals surface area contributed by atoms with Crippen LogP contribution in [0.5, 0.6) is 0 Å². The van der Waals surface area contributed by atoms with Gasteiger partial charge in [-0.1, -0.05) is 6.07 Å². The fourth-order valence-corrected chi connectivity index (χ4v) is 2.09. The van der Waals surface area contributed by atoms with E-state index in [4.69, 9.17) is 0 Å². The molecule has 1 atom stereocenters. The lowest BCUT2D eigenvalue weighted by Crippen LogP contribution is -2.37. The van der Waals surface area contributed by atoms with Gasteiger partial charge in [-0.3, -0.25) is 9.88 Å². The van der Waals surface area contributed by atoms with E-state index in [1.165, 1.54) is 0 Å². The molecule has 0 aliphatic carbocycles. The minimum absolute atomic E-state index is 0.149. The van der Waals surface area contributed by atoms with E-state index in [1.807, 2.05) is 25.1 Å². The summed E-state index contributed by atoms with van der Waals surface area (Å²) in [6, 6.07) is 6.10. The van der Waals surface area contributed by atoms with E-state index in [-0.39, 0.29) is 6.10 Å². The van der Waals surface area contributed by atoms with Crippen molar-refractivity contribution in [2.24, 2.45) is 0 Å². The molecular weight excluding hydrogens is 188 g/mol. The highest BCUT2D eigenvalue weighted by molar-refractivity contribution is 5.09. The molecule has 1 aromatic heterocycles. The van der Waals surface area contributed by atoms with Crippen LogP contribution in [0.25, 0.3) is 0 Å². The Morgan fingerprint density at radius 3 is 3.13 bits per heavy atom. The Balaban J connectivity index is 1.96. The van der Waals surface area contributed by atoms with Gasteiger partial charge in [-0.15, -0.1) is 0 Å². The number of aliphatic hydroxyl groups is 1. The average molecular weight is 206 g/mol. The quantitative estimate of drug-likeness (QED) is 0.793. The first kappa shape index (κ1) is 10.6. The van der Waals surface area contributed by atoms with Gasteiger partial charge in [-0.25, -0.2) is 0 Å². The second-order valence-corrected chi connectivity index (χ2v) is 4.30. The largest absolute Gasteiger partial charge is 0.392 e. The third-order valence-electron chi connectivity index (χ3n) is 2.81. The number of aryl methyl sites for hydroxylation is 1. The van der Waals surface area contributed by atoms with Crippen LogP contribution in [-0.4, -0.2) is 34.2 Å². The first-order valence-electron chi connectivity index (χ1n) is 5.57. The minimum Gasteiger partial charge on any atom is -0.392 e. The summed E-state index contributed by atoms with van der Waals surface area (Å²) in [6.07, 6.45) is 1.88. The van der Waals surface area contributed by atoms with Gasteiger partial charge in [0, 0.05) is 18.8 Å². The molecule has 1 aliphatic rings. The van der Waals surface area contributed by atoms with Crippen molar-refractivity contribution in [3.8, 4) is 0 Å². The van der Waals surface area contributed by atoms with Crippen molar-refractivity contribution >= 4 is 0 Å². The van der Waals surface area contributed by atoms with Gasteiger partial charge in [-0.05, 0) is 38.4 Å². The molecule has 82 valence electrons. The molecule has 3 heteroatoms. The Morgan fingerprint density at radius 1 is 1.53 bits per heavy atom. The molecule has 0 radical (unpaired) electrons. The van der Waals surface area contributed by atoms with Crippen LogP contribution in [-0.2, 0) is 6.54 Å². The zero-order valence-corrected chi connectivity index (χ0v) is 9.19. The monoisotopic (exact) mass is 206 g/mol. The fraction of sp³-hybridized carbons (Fsp3) is 0.583. The van der Waals surface area contributed by atoms with Crippen molar-refractivity contribution in [1.82, 2.24) is 9.88 Å². The number of β-amino-alcohol motifs (C(OH)–C–C–N with tert-alkyl or cyclic N) is 1. The van der Waals surface area contributed by atoms with Crippen LogP contribution >= 0.6 is 0 Å². The molecule has 0 aromatic carbocycles. The summed E-state index contributed by atoms with van der Waals surface area (Å²) in [5.74, 6) is 0. The van der Waals surface area contributed by atoms with Crippen LogP contribution in [0.1, 0.15) is 24.2 Å². The van der Waals surface area contributed by atoms with Crippen molar-refractivity contribution in [1.29, 1.82) is 0 Å². The molecule has 1 fully saturated rings. The molecule has 1 N–H and O–H groups in total. The van der Waals surface area contributed by atoms with E-state index in [1.54, 1.807) is 0 Å². The van der Waals surface area contributed by atoms with Crippen molar-refractivity contribution in [3.05, 3.63) is 29.6 Å². The molecular formula is C12H18N2O. The number of hydrogen-bond donors (Lipinski definition) is 1. The van der Waals surface area contributed by atoms with E-state index in [0.717, 1.165) is 43.9 Å². The van der Waals surface area contributed by atoms with E-state index < -0.39 is 0 Å². The summed E-state index contributed by atoms with van der Waals surface area (Å²) in [6.45, 7) is 4.73. The zero-order valence-electron chi connectivity index (χ0n) is 9.19. The lowest BCUT2D eigenvalue weighted by molar-refractivity contribution is 0.0662. The Bertz CT molecular complexity index is 327.